The van der Waals surface area contributed by atoms with Crippen LogP contribution >= 0.6 is 0 Å². The van der Waals surface area contributed by atoms with Crippen molar-refractivity contribution in [1.82, 2.24) is 0 Å². The number of hydrogen-bond donors (Lipinski definition) is 0. The molecule has 0 N–H and O–H groups in total. The Morgan fingerprint density at radius 2 is 1.31 bits per heavy atom. The van der Waals surface area contributed by atoms with Crippen LogP contribution in [0, 0.1) is 6.92 Å². The van der Waals surface area contributed by atoms with Crippen LogP contribution in [0.2, 0.25) is 0 Å². The summed E-state index contributed by atoms with van der Waals surface area (Å²) in [5.41, 5.74) is 4.57. The molecule has 0 amide bonds. The van der Waals surface area contributed by atoms with E-state index in [1.165, 1.54) is 17.2 Å². The first-order chi connectivity index (χ1) is 16.9. The van der Waals surface area contributed by atoms with Crippen molar-refractivity contribution in [2.75, 3.05) is 14.2 Å². The Balaban J connectivity index is -0.000000413. The van der Waals surface area contributed by atoms with Gasteiger partial charge in [0.05, 0.1) is 14.2 Å². The van der Waals surface area contributed by atoms with Gasteiger partial charge in [0, 0.05) is 0 Å². The summed E-state index contributed by atoms with van der Waals surface area (Å²) in [6, 6.07) is 16.0. The maximum atomic E-state index is 9.99. The molecule has 0 unspecified atom stereocenters. The van der Waals surface area contributed by atoms with Crippen LogP contribution in [0.25, 0.3) is 12.2 Å². The molecular weight excluding hydrogens is 436 g/mol. The summed E-state index contributed by atoms with van der Waals surface area (Å²) in [5, 5.41) is 0. The summed E-state index contributed by atoms with van der Waals surface area (Å²) < 4.78 is 9.76. The van der Waals surface area contributed by atoms with Gasteiger partial charge in [-0.15, -0.1) is 0 Å². The van der Waals surface area contributed by atoms with Gasteiger partial charge in [-0.2, -0.15) is 0 Å². The minimum Gasteiger partial charge on any atom is -0.497 e. The number of hydrogen-bond acceptors (Lipinski definition) is 4. The van der Waals surface area contributed by atoms with Crippen LogP contribution in [0.3, 0.4) is 0 Å². The van der Waals surface area contributed by atoms with Gasteiger partial charge in [-0.25, -0.2) is 0 Å². The lowest BCUT2D eigenvalue weighted by molar-refractivity contribution is -0.104. The van der Waals surface area contributed by atoms with Crippen molar-refractivity contribution >= 4 is 25.2 Å². The van der Waals surface area contributed by atoms with Crippen molar-refractivity contribution in [1.29, 1.82) is 0 Å². The third kappa shape index (κ3) is 23.0. The van der Waals surface area contributed by atoms with Crippen molar-refractivity contribution < 1.29 is 19.1 Å². The van der Waals surface area contributed by atoms with Gasteiger partial charge < -0.3 is 14.3 Å². The van der Waals surface area contributed by atoms with Crippen LogP contribution in [-0.4, -0.2) is 27.3 Å². The number of ether oxygens (including phenoxy) is 2. The lowest BCUT2D eigenvalue weighted by Crippen LogP contribution is -1.81. The molecule has 0 aliphatic rings. The minimum atomic E-state index is 0.651. The third-order valence-corrected chi connectivity index (χ3v) is 3.74. The van der Waals surface area contributed by atoms with Crippen LogP contribution < -0.4 is 4.74 Å². The SMILES string of the molecule is C/C=C/c1ccc(C)cc1.C=C(C)/C=C\C(=C)OC.C=O.CC.COc1ccc(/C=C/C=O)cc1. The molecule has 0 fully saturated rings. The van der Waals surface area contributed by atoms with E-state index in [-0.39, 0.29) is 0 Å². The molecule has 0 saturated heterocycles. The second-order valence-electron chi connectivity index (χ2n) is 6.53. The zero-order valence-electron chi connectivity index (χ0n) is 22.4. The highest BCUT2D eigenvalue weighted by molar-refractivity contribution is 5.73. The minimum absolute atomic E-state index is 0.651. The standard InChI is InChI=1S/C10H10O2.C10H12.C8H12O.C2H6.CH2O/c1-12-10-6-4-9(5-7-10)3-2-8-11;1-3-4-10-7-5-9(2)6-8-10;1-7(2)5-6-8(3)9-4;2*1-2/h2-8H,1H3;3-8H,1-2H3;5-6H,1,3H2,2,4H3;1-2H3;1H2/b3-2+;4-3+;6-5-;;. The van der Waals surface area contributed by atoms with Crippen molar-refractivity contribution in [3.05, 3.63) is 114 Å². The molecule has 35 heavy (non-hydrogen) atoms. The fourth-order valence-corrected chi connectivity index (χ4v) is 2.04. The molecule has 0 saturated carbocycles. The third-order valence-electron chi connectivity index (χ3n) is 3.74. The van der Waals surface area contributed by atoms with Gasteiger partial charge in [0.25, 0.3) is 0 Å². The number of aldehydes is 1. The summed E-state index contributed by atoms with van der Waals surface area (Å²) in [5.74, 6) is 1.47. The van der Waals surface area contributed by atoms with E-state index in [0.717, 1.165) is 23.2 Å². The Bertz CT molecular complexity index is 887. The van der Waals surface area contributed by atoms with Gasteiger partial charge in [0.2, 0.25) is 0 Å². The van der Waals surface area contributed by atoms with Crippen LogP contribution in [-0.2, 0) is 14.3 Å². The zero-order valence-corrected chi connectivity index (χ0v) is 22.4. The van der Waals surface area contributed by atoms with Crippen LogP contribution in [0.15, 0.2) is 97.3 Å². The van der Waals surface area contributed by atoms with E-state index >= 15 is 0 Å². The van der Waals surface area contributed by atoms with E-state index in [1.807, 2.05) is 70.9 Å². The number of carbonyl (C=O) groups excluding carboxylic acids is 2. The molecule has 0 aliphatic carbocycles. The highest BCUT2D eigenvalue weighted by Crippen LogP contribution is 2.11. The lowest BCUT2D eigenvalue weighted by Gasteiger charge is -1.98. The Morgan fingerprint density at radius 3 is 1.71 bits per heavy atom. The Morgan fingerprint density at radius 1 is 0.829 bits per heavy atom. The molecule has 0 spiro atoms. The summed E-state index contributed by atoms with van der Waals surface area (Å²) in [7, 11) is 3.21. The zero-order chi connectivity index (χ0) is 27.5. The molecule has 2 aromatic rings. The van der Waals surface area contributed by atoms with Gasteiger partial charge in [0.1, 0.15) is 24.6 Å². The molecule has 4 heteroatoms. The van der Waals surface area contributed by atoms with Gasteiger partial charge in [-0.1, -0.05) is 98.8 Å². The molecule has 190 valence electrons. The quantitative estimate of drug-likeness (QED) is 0.175. The Hall–Kier alpha value is -3.92. The number of methoxy groups -OCH3 is 2. The maximum Gasteiger partial charge on any atom is 0.142 e. The van der Waals surface area contributed by atoms with Crippen molar-refractivity contribution in [3.8, 4) is 5.75 Å². The summed E-state index contributed by atoms with van der Waals surface area (Å²) >= 11 is 0. The Kier molecular flexibility index (Phi) is 26.8. The van der Waals surface area contributed by atoms with Crippen molar-refractivity contribution in [2.24, 2.45) is 0 Å². The molecule has 0 radical (unpaired) electrons. The first kappa shape index (κ1) is 35.7. The molecule has 0 bridgehead atoms. The summed E-state index contributed by atoms with van der Waals surface area (Å²) in [6.07, 6.45) is 11.7. The fourth-order valence-electron chi connectivity index (χ4n) is 2.04. The molecule has 2 rings (SSSR count). The van der Waals surface area contributed by atoms with Gasteiger partial charge >= 0.3 is 0 Å². The van der Waals surface area contributed by atoms with Gasteiger partial charge in [-0.3, -0.25) is 4.79 Å². The number of allylic oxidation sites excluding steroid dienone is 5. The van der Waals surface area contributed by atoms with Crippen LogP contribution in [0.4, 0.5) is 0 Å². The highest BCUT2D eigenvalue weighted by Gasteiger charge is 1.88. The average molecular weight is 479 g/mol. The maximum absolute atomic E-state index is 9.99. The highest BCUT2D eigenvalue weighted by atomic mass is 16.5. The van der Waals surface area contributed by atoms with Crippen molar-refractivity contribution in [2.45, 2.75) is 34.6 Å². The molecule has 0 atom stereocenters. The average Bonchev–Trinajstić information content (AvgIpc) is 2.91. The molecule has 0 heterocycles. The molecule has 0 aromatic heterocycles. The Labute approximate surface area is 213 Å². The summed E-state index contributed by atoms with van der Waals surface area (Å²) in [6.45, 7) is 19.3. The fraction of sp³-hybridized carbons (Fsp3) is 0.226. The van der Waals surface area contributed by atoms with Crippen LogP contribution in [0.5, 0.6) is 5.75 Å². The van der Waals surface area contributed by atoms with E-state index in [9.17, 15) is 4.79 Å². The smallest absolute Gasteiger partial charge is 0.142 e. The first-order valence-electron chi connectivity index (χ1n) is 11.2. The molecule has 0 aliphatic heterocycles. The monoisotopic (exact) mass is 478 g/mol. The topological polar surface area (TPSA) is 52.6 Å². The normalized spacial score (nSPS) is 9.23. The lowest BCUT2D eigenvalue weighted by atomic mass is 10.1. The number of aryl methyl sites for hydroxylation is 1. The second-order valence-corrected chi connectivity index (χ2v) is 6.53. The largest absolute Gasteiger partial charge is 0.497 e. The summed E-state index contributed by atoms with van der Waals surface area (Å²) in [4.78, 5) is 18.0. The molecular formula is C31H42O4. The van der Waals surface area contributed by atoms with Gasteiger partial charge in [-0.05, 0) is 56.2 Å². The molecule has 2 aromatic carbocycles. The van der Waals surface area contributed by atoms with Crippen molar-refractivity contribution in [3.63, 3.8) is 0 Å². The number of rotatable bonds is 7. The van der Waals surface area contributed by atoms with Crippen LogP contribution in [0.1, 0.15) is 44.4 Å². The first-order valence-corrected chi connectivity index (χ1v) is 11.2. The van der Waals surface area contributed by atoms with E-state index in [4.69, 9.17) is 14.3 Å². The predicted molar refractivity (Wildman–Crippen MR) is 153 cm³/mol. The predicted octanol–water partition coefficient (Wildman–Crippen LogP) is 8.06. The van der Waals surface area contributed by atoms with E-state index in [1.54, 1.807) is 26.4 Å². The molecule has 4 nitrogen and oxygen atoms in total. The number of benzene rings is 2. The number of carbonyl (C=O) groups is 2. The van der Waals surface area contributed by atoms with E-state index < -0.39 is 0 Å². The van der Waals surface area contributed by atoms with E-state index in [0.29, 0.717) is 5.76 Å². The van der Waals surface area contributed by atoms with E-state index in [2.05, 4.69) is 50.4 Å². The second kappa shape index (κ2) is 26.3. The van der Waals surface area contributed by atoms with Gasteiger partial charge in [0.15, 0.2) is 0 Å².